The smallest absolute Gasteiger partial charge is 0.275 e. The van der Waals surface area contributed by atoms with Crippen LogP contribution in [0.5, 0.6) is 11.5 Å². The maximum Gasteiger partial charge on any atom is 0.275 e. The molecular formula is C40H40N10O3. The molecular weight excluding hydrogens is 669 g/mol. The summed E-state index contributed by atoms with van der Waals surface area (Å²) in [6, 6.07) is 26.0. The lowest BCUT2D eigenvalue weighted by atomic mass is 10.1. The summed E-state index contributed by atoms with van der Waals surface area (Å²) in [5.74, 6) is 1.48. The number of anilines is 3. The van der Waals surface area contributed by atoms with E-state index in [1.54, 1.807) is 10.9 Å². The fraction of sp³-hybridized carbons (Fsp3) is 0.225. The molecule has 268 valence electrons. The molecule has 1 amide bonds. The molecule has 53 heavy (non-hydrogen) atoms. The molecule has 0 radical (unpaired) electrons. The van der Waals surface area contributed by atoms with Gasteiger partial charge in [-0.15, -0.1) is 0 Å². The lowest BCUT2D eigenvalue weighted by molar-refractivity contribution is 0.102. The number of carbonyl (C=O) groups excluding carboxylic acids is 1. The van der Waals surface area contributed by atoms with Crippen LogP contribution in [0.3, 0.4) is 0 Å². The number of fused-ring (bicyclic) bond motifs is 2. The monoisotopic (exact) mass is 708 g/mol. The van der Waals surface area contributed by atoms with Gasteiger partial charge in [-0.05, 0) is 42.3 Å². The van der Waals surface area contributed by atoms with E-state index in [0.717, 1.165) is 63.8 Å². The molecule has 0 aliphatic carbocycles. The molecule has 0 saturated carbocycles. The molecule has 1 aliphatic rings. The number of hydrogen-bond acceptors (Lipinski definition) is 10. The van der Waals surface area contributed by atoms with Crippen LogP contribution in [0.1, 0.15) is 33.6 Å². The first kappa shape index (κ1) is 33.7. The average Bonchev–Trinajstić information content (AvgIpc) is 3.91. The molecule has 0 bridgehead atoms. The van der Waals surface area contributed by atoms with E-state index in [-0.39, 0.29) is 11.6 Å². The minimum atomic E-state index is -0.379. The zero-order valence-electron chi connectivity index (χ0n) is 29.6. The predicted molar refractivity (Wildman–Crippen MR) is 205 cm³/mol. The number of nitrogens with one attached hydrogen (secondary N) is 2. The number of benzene rings is 4. The van der Waals surface area contributed by atoms with Crippen molar-refractivity contribution in [3.63, 3.8) is 0 Å². The Labute approximate surface area is 306 Å². The normalized spacial score (nSPS) is 14.2. The van der Waals surface area contributed by atoms with Gasteiger partial charge in [-0.25, -0.2) is 9.97 Å². The third-order valence-electron chi connectivity index (χ3n) is 9.41. The second kappa shape index (κ2) is 14.6. The van der Waals surface area contributed by atoms with Crippen molar-refractivity contribution in [2.24, 2.45) is 7.05 Å². The zero-order chi connectivity index (χ0) is 36.3. The van der Waals surface area contributed by atoms with Crippen molar-refractivity contribution in [2.75, 3.05) is 36.1 Å². The summed E-state index contributed by atoms with van der Waals surface area (Å²) in [5.41, 5.74) is 12.2. The Balaban J connectivity index is 0.995. The van der Waals surface area contributed by atoms with Crippen LogP contribution in [0, 0.1) is 0 Å². The number of rotatable bonds is 12. The van der Waals surface area contributed by atoms with Crippen molar-refractivity contribution in [1.82, 2.24) is 34.8 Å². The Bertz CT molecular complexity index is 2390. The molecule has 1 atom stereocenters. The lowest BCUT2D eigenvalue weighted by Gasteiger charge is -2.17. The number of nitrogens with zero attached hydrogens (tertiary/aromatic N) is 7. The summed E-state index contributed by atoms with van der Waals surface area (Å²) in [5, 5.41) is 17.5. The summed E-state index contributed by atoms with van der Waals surface area (Å²) < 4.78 is 16.0. The van der Waals surface area contributed by atoms with E-state index < -0.39 is 0 Å². The number of ether oxygens (including phenoxy) is 2. The van der Waals surface area contributed by atoms with Crippen LogP contribution in [0.25, 0.3) is 21.8 Å². The molecule has 4 N–H and O–H groups in total. The molecule has 1 saturated heterocycles. The number of carbonyl (C=O) groups is 1. The minimum absolute atomic E-state index is 0.215. The second-order valence-electron chi connectivity index (χ2n) is 13.3. The van der Waals surface area contributed by atoms with E-state index >= 15 is 0 Å². The first-order valence-corrected chi connectivity index (χ1v) is 17.5. The van der Waals surface area contributed by atoms with Crippen LogP contribution in [-0.2, 0) is 26.8 Å². The van der Waals surface area contributed by atoms with Crippen molar-refractivity contribution >= 4 is 44.9 Å². The van der Waals surface area contributed by atoms with Crippen molar-refractivity contribution in [3.8, 4) is 11.5 Å². The van der Waals surface area contributed by atoms with Crippen LogP contribution >= 0.6 is 0 Å². The highest BCUT2D eigenvalue weighted by Crippen LogP contribution is 2.32. The molecule has 13 heteroatoms. The molecule has 7 aromatic rings. The molecule has 4 heterocycles. The van der Waals surface area contributed by atoms with Gasteiger partial charge in [0.05, 0.1) is 41.3 Å². The van der Waals surface area contributed by atoms with Crippen LogP contribution in [-0.4, -0.2) is 61.6 Å². The van der Waals surface area contributed by atoms with E-state index in [2.05, 4.69) is 42.7 Å². The van der Waals surface area contributed by atoms with Gasteiger partial charge in [0.2, 0.25) is 0 Å². The van der Waals surface area contributed by atoms with Crippen molar-refractivity contribution in [1.29, 1.82) is 0 Å². The fourth-order valence-electron chi connectivity index (χ4n) is 6.61. The number of amides is 1. The molecule has 13 nitrogen and oxygen atoms in total. The molecule has 8 rings (SSSR count). The maximum atomic E-state index is 13.5. The van der Waals surface area contributed by atoms with Gasteiger partial charge < -0.3 is 30.7 Å². The summed E-state index contributed by atoms with van der Waals surface area (Å²) in [7, 11) is 3.85. The zero-order valence-corrected chi connectivity index (χ0v) is 29.6. The number of aryl methyl sites for hydroxylation is 1. The largest absolute Gasteiger partial charge is 0.487 e. The standard InChI is InChI=1S/C40H40N10O3/c1-42-31-11-12-49(23-31)39-19-43-36(18-44-39)40(51)45-35-15-30-22-50(47-34(30)17-38(35)53-24-26-7-4-3-5-8-26)20-27-9-6-10-28(13-27)25-52-37-16-33-29(14-32(37)41)21-48(2)46-33/h3-10,13-19,21-22,31,42H,11-12,20,23-25,41H2,1-2H3,(H,45,51)/t31-/m1/s1. The van der Waals surface area contributed by atoms with Crippen molar-refractivity contribution in [2.45, 2.75) is 32.2 Å². The number of hydrogen-bond donors (Lipinski definition) is 3. The molecule has 0 spiro atoms. The number of aromatic nitrogens is 6. The van der Waals surface area contributed by atoms with E-state index in [1.165, 1.54) is 6.20 Å². The average molecular weight is 709 g/mol. The minimum Gasteiger partial charge on any atom is -0.487 e. The summed E-state index contributed by atoms with van der Waals surface area (Å²) in [4.78, 5) is 24.6. The maximum absolute atomic E-state index is 13.5. The fourth-order valence-corrected chi connectivity index (χ4v) is 6.61. The van der Waals surface area contributed by atoms with Crippen molar-refractivity contribution < 1.29 is 14.3 Å². The van der Waals surface area contributed by atoms with Gasteiger partial charge in [-0.3, -0.25) is 14.2 Å². The van der Waals surface area contributed by atoms with E-state index in [4.69, 9.17) is 20.3 Å². The SMILES string of the molecule is CN[C@@H]1CCN(c2cnc(C(=O)Nc3cc4cn(Cc5cccc(COc6cc7nn(C)cc7cc6N)c5)nc4cc3OCc3ccccc3)cn2)C1. The van der Waals surface area contributed by atoms with Gasteiger partial charge in [0.25, 0.3) is 5.91 Å². The van der Waals surface area contributed by atoms with E-state index in [1.807, 2.05) is 97.9 Å². The van der Waals surface area contributed by atoms with Gasteiger partial charge in [0, 0.05) is 61.5 Å². The Hall–Kier alpha value is -6.47. The quantitative estimate of drug-likeness (QED) is 0.138. The number of nitrogen functional groups attached to an aromatic ring is 1. The Kier molecular flexibility index (Phi) is 9.30. The molecule has 0 unspecified atom stereocenters. The highest BCUT2D eigenvalue weighted by atomic mass is 16.5. The Morgan fingerprint density at radius 1 is 0.849 bits per heavy atom. The Morgan fingerprint density at radius 3 is 2.42 bits per heavy atom. The number of likely N-dealkylation sites (N-methyl/N-ethyl adjacent to an activating group) is 1. The lowest BCUT2D eigenvalue weighted by Crippen LogP contribution is -2.30. The molecule has 4 aromatic carbocycles. The van der Waals surface area contributed by atoms with E-state index in [9.17, 15) is 4.79 Å². The topological polar surface area (TPSA) is 150 Å². The van der Waals surface area contributed by atoms with Gasteiger partial charge in [0.15, 0.2) is 0 Å². The summed E-state index contributed by atoms with van der Waals surface area (Å²) >= 11 is 0. The number of nitrogens with two attached hydrogens (primary N) is 1. The Morgan fingerprint density at radius 2 is 1.60 bits per heavy atom. The van der Waals surface area contributed by atoms with Gasteiger partial charge in [-0.2, -0.15) is 10.2 Å². The summed E-state index contributed by atoms with van der Waals surface area (Å²) in [6.07, 6.45) is 8.10. The third-order valence-corrected chi connectivity index (χ3v) is 9.41. The highest BCUT2D eigenvalue weighted by molar-refractivity contribution is 6.05. The van der Waals surface area contributed by atoms with Gasteiger partial charge in [-0.1, -0.05) is 54.6 Å². The summed E-state index contributed by atoms with van der Waals surface area (Å²) in [6.45, 7) is 2.95. The van der Waals surface area contributed by atoms with Crippen LogP contribution < -0.4 is 30.7 Å². The van der Waals surface area contributed by atoms with Gasteiger partial charge in [0.1, 0.15) is 36.2 Å². The highest BCUT2D eigenvalue weighted by Gasteiger charge is 2.23. The van der Waals surface area contributed by atoms with Crippen LogP contribution in [0.15, 0.2) is 104 Å². The first-order valence-electron chi connectivity index (χ1n) is 17.5. The van der Waals surface area contributed by atoms with Crippen LogP contribution in [0.4, 0.5) is 17.2 Å². The molecule has 1 fully saturated rings. The van der Waals surface area contributed by atoms with Gasteiger partial charge >= 0.3 is 0 Å². The molecule has 3 aromatic heterocycles. The van der Waals surface area contributed by atoms with E-state index in [0.29, 0.717) is 48.7 Å². The molecule has 1 aliphatic heterocycles. The predicted octanol–water partition coefficient (Wildman–Crippen LogP) is 5.55. The second-order valence-corrected chi connectivity index (χ2v) is 13.3. The third kappa shape index (κ3) is 7.60. The van der Waals surface area contributed by atoms with Crippen molar-refractivity contribution in [3.05, 3.63) is 126 Å². The first-order chi connectivity index (χ1) is 25.9. The van der Waals surface area contributed by atoms with Crippen LogP contribution in [0.2, 0.25) is 0 Å².